The fourth-order valence-electron chi connectivity index (χ4n) is 1.53. The van der Waals surface area contributed by atoms with Crippen molar-refractivity contribution in [2.75, 3.05) is 13.7 Å². The first kappa shape index (κ1) is 14.4. The molecule has 20 heavy (non-hydrogen) atoms. The second-order valence-corrected chi connectivity index (χ2v) is 4.41. The SMILES string of the molecule is COC(=O)c1ccc(C(O)COc2ccc(Cl)cc2)o1. The number of aliphatic hydroxyl groups is 1. The Morgan fingerprint density at radius 2 is 2.00 bits per heavy atom. The van der Waals surface area contributed by atoms with Gasteiger partial charge in [0.15, 0.2) is 0 Å². The summed E-state index contributed by atoms with van der Waals surface area (Å²) in [5.41, 5.74) is 0. The van der Waals surface area contributed by atoms with Crippen LogP contribution in [-0.4, -0.2) is 24.8 Å². The Morgan fingerprint density at radius 3 is 2.65 bits per heavy atom. The largest absolute Gasteiger partial charge is 0.490 e. The highest BCUT2D eigenvalue weighted by Gasteiger charge is 2.17. The highest BCUT2D eigenvalue weighted by molar-refractivity contribution is 6.30. The van der Waals surface area contributed by atoms with Crippen LogP contribution in [0.4, 0.5) is 0 Å². The fourth-order valence-corrected chi connectivity index (χ4v) is 1.66. The van der Waals surface area contributed by atoms with Gasteiger partial charge in [0.05, 0.1) is 7.11 Å². The smallest absolute Gasteiger partial charge is 0.373 e. The number of ether oxygens (including phenoxy) is 2. The van der Waals surface area contributed by atoms with Gasteiger partial charge in [0.2, 0.25) is 5.76 Å². The summed E-state index contributed by atoms with van der Waals surface area (Å²) in [5, 5.41) is 10.5. The predicted molar refractivity (Wildman–Crippen MR) is 72.0 cm³/mol. The predicted octanol–water partition coefficient (Wildman–Crippen LogP) is 2.83. The molecule has 2 aromatic rings. The lowest BCUT2D eigenvalue weighted by molar-refractivity contribution is 0.0541. The molecule has 1 unspecified atom stereocenters. The lowest BCUT2D eigenvalue weighted by Gasteiger charge is -2.10. The molecular formula is C14H13ClO5. The summed E-state index contributed by atoms with van der Waals surface area (Å²) >= 11 is 5.75. The van der Waals surface area contributed by atoms with Gasteiger partial charge in [-0.3, -0.25) is 0 Å². The van der Waals surface area contributed by atoms with Gasteiger partial charge in [-0.05, 0) is 36.4 Å². The first-order valence-corrected chi connectivity index (χ1v) is 6.22. The second kappa shape index (κ2) is 6.45. The summed E-state index contributed by atoms with van der Waals surface area (Å²) in [6.45, 7) is -0.00421. The third-order valence-electron chi connectivity index (χ3n) is 2.56. The van der Waals surface area contributed by atoms with E-state index in [1.807, 2.05) is 0 Å². The molecule has 6 heteroatoms. The molecular weight excluding hydrogens is 284 g/mol. The molecule has 106 valence electrons. The van der Waals surface area contributed by atoms with E-state index in [0.717, 1.165) is 0 Å². The van der Waals surface area contributed by atoms with Crippen molar-refractivity contribution in [1.29, 1.82) is 0 Å². The minimum absolute atomic E-state index is 0.00421. The van der Waals surface area contributed by atoms with Crippen molar-refractivity contribution in [3.63, 3.8) is 0 Å². The van der Waals surface area contributed by atoms with Crippen molar-refractivity contribution in [2.45, 2.75) is 6.10 Å². The molecule has 1 heterocycles. The lowest BCUT2D eigenvalue weighted by atomic mass is 10.3. The van der Waals surface area contributed by atoms with Crippen LogP contribution in [0.2, 0.25) is 5.02 Å². The van der Waals surface area contributed by atoms with E-state index in [9.17, 15) is 9.90 Å². The number of methoxy groups -OCH3 is 1. The Hall–Kier alpha value is -1.98. The van der Waals surface area contributed by atoms with E-state index in [4.69, 9.17) is 20.8 Å². The van der Waals surface area contributed by atoms with Gasteiger partial charge in [0.1, 0.15) is 24.2 Å². The van der Waals surface area contributed by atoms with Crippen LogP contribution in [-0.2, 0) is 4.74 Å². The maximum absolute atomic E-state index is 11.2. The van der Waals surface area contributed by atoms with Crippen molar-refractivity contribution >= 4 is 17.6 Å². The van der Waals surface area contributed by atoms with Crippen LogP contribution in [0.25, 0.3) is 0 Å². The molecule has 1 N–H and O–H groups in total. The average Bonchev–Trinajstić information content (AvgIpc) is 2.95. The highest BCUT2D eigenvalue weighted by atomic mass is 35.5. The Kier molecular flexibility index (Phi) is 4.65. The Bertz CT molecular complexity index is 576. The monoisotopic (exact) mass is 296 g/mol. The van der Waals surface area contributed by atoms with Crippen molar-refractivity contribution in [1.82, 2.24) is 0 Å². The number of furan rings is 1. The summed E-state index contributed by atoms with van der Waals surface area (Å²) in [5.74, 6) is 0.252. The maximum Gasteiger partial charge on any atom is 0.373 e. The zero-order valence-corrected chi connectivity index (χ0v) is 11.5. The molecule has 0 amide bonds. The van der Waals surface area contributed by atoms with Gasteiger partial charge in [-0.1, -0.05) is 11.6 Å². The Balaban J connectivity index is 1.94. The Labute approximate surface area is 120 Å². The van der Waals surface area contributed by atoms with E-state index in [1.54, 1.807) is 24.3 Å². The molecule has 0 radical (unpaired) electrons. The third-order valence-corrected chi connectivity index (χ3v) is 2.82. The standard InChI is InChI=1S/C14H13ClO5/c1-18-14(17)13-7-6-12(20-13)11(16)8-19-10-4-2-9(15)3-5-10/h2-7,11,16H,8H2,1H3. The van der Waals surface area contributed by atoms with Gasteiger partial charge in [-0.15, -0.1) is 0 Å². The van der Waals surface area contributed by atoms with Crippen molar-refractivity contribution in [3.8, 4) is 5.75 Å². The van der Waals surface area contributed by atoms with E-state index in [1.165, 1.54) is 19.2 Å². The van der Waals surface area contributed by atoms with E-state index < -0.39 is 12.1 Å². The van der Waals surface area contributed by atoms with Crippen molar-refractivity contribution in [2.24, 2.45) is 0 Å². The molecule has 1 aromatic heterocycles. The number of benzene rings is 1. The molecule has 2 rings (SSSR count). The zero-order chi connectivity index (χ0) is 14.5. The van der Waals surface area contributed by atoms with Crippen LogP contribution < -0.4 is 4.74 Å². The van der Waals surface area contributed by atoms with Crippen LogP contribution in [0.5, 0.6) is 5.75 Å². The van der Waals surface area contributed by atoms with Gasteiger partial charge in [-0.2, -0.15) is 0 Å². The molecule has 1 atom stereocenters. The number of hydrogen-bond acceptors (Lipinski definition) is 5. The van der Waals surface area contributed by atoms with Crippen molar-refractivity contribution < 1.29 is 23.8 Å². The summed E-state index contributed by atoms with van der Waals surface area (Å²) in [6, 6.07) is 9.69. The molecule has 0 saturated heterocycles. The molecule has 5 nitrogen and oxygen atoms in total. The van der Waals surface area contributed by atoms with Crippen LogP contribution in [0.15, 0.2) is 40.8 Å². The number of aliphatic hydroxyl groups excluding tert-OH is 1. The molecule has 0 aliphatic rings. The number of halogens is 1. The van der Waals surface area contributed by atoms with Gasteiger partial charge in [-0.25, -0.2) is 4.79 Å². The highest BCUT2D eigenvalue weighted by Crippen LogP contribution is 2.20. The number of rotatable bonds is 5. The number of esters is 1. The normalized spacial score (nSPS) is 11.9. The zero-order valence-electron chi connectivity index (χ0n) is 10.7. The molecule has 0 fully saturated rings. The van der Waals surface area contributed by atoms with Crippen LogP contribution in [0.3, 0.4) is 0 Å². The van der Waals surface area contributed by atoms with Gasteiger partial charge in [0, 0.05) is 5.02 Å². The number of carbonyl (C=O) groups is 1. The number of hydrogen-bond donors (Lipinski definition) is 1. The van der Waals surface area contributed by atoms with E-state index in [2.05, 4.69) is 4.74 Å². The second-order valence-electron chi connectivity index (χ2n) is 3.97. The minimum Gasteiger partial charge on any atom is -0.490 e. The topological polar surface area (TPSA) is 68.9 Å². The molecule has 0 aliphatic carbocycles. The average molecular weight is 297 g/mol. The molecule has 0 aliphatic heterocycles. The quantitative estimate of drug-likeness (QED) is 0.859. The maximum atomic E-state index is 11.2. The van der Waals surface area contributed by atoms with Crippen LogP contribution in [0, 0.1) is 0 Å². The first-order valence-electron chi connectivity index (χ1n) is 5.84. The molecule has 0 bridgehead atoms. The van der Waals surface area contributed by atoms with Crippen molar-refractivity contribution in [3.05, 3.63) is 52.9 Å². The van der Waals surface area contributed by atoms with E-state index >= 15 is 0 Å². The minimum atomic E-state index is -0.982. The summed E-state index contributed by atoms with van der Waals surface area (Å²) in [6.07, 6.45) is -0.982. The van der Waals surface area contributed by atoms with Gasteiger partial charge >= 0.3 is 5.97 Å². The first-order chi connectivity index (χ1) is 9.60. The summed E-state index contributed by atoms with van der Waals surface area (Å²) in [7, 11) is 1.25. The molecule has 0 spiro atoms. The van der Waals surface area contributed by atoms with E-state index in [-0.39, 0.29) is 18.1 Å². The van der Waals surface area contributed by atoms with Crippen LogP contribution in [0.1, 0.15) is 22.4 Å². The molecule has 1 aromatic carbocycles. The third kappa shape index (κ3) is 3.53. The fraction of sp³-hybridized carbons (Fsp3) is 0.214. The summed E-state index contributed by atoms with van der Waals surface area (Å²) in [4.78, 5) is 11.2. The van der Waals surface area contributed by atoms with Gasteiger partial charge < -0.3 is 19.0 Å². The van der Waals surface area contributed by atoms with Crippen LogP contribution >= 0.6 is 11.6 Å². The van der Waals surface area contributed by atoms with Gasteiger partial charge in [0.25, 0.3) is 0 Å². The van der Waals surface area contributed by atoms with E-state index in [0.29, 0.717) is 10.8 Å². The summed E-state index contributed by atoms with van der Waals surface area (Å²) < 4.78 is 15.1. The number of carbonyl (C=O) groups excluding carboxylic acids is 1. The molecule has 0 saturated carbocycles. The lowest BCUT2D eigenvalue weighted by Crippen LogP contribution is -2.09. The Morgan fingerprint density at radius 1 is 1.30 bits per heavy atom.